The number of hydrogen-bond acceptors (Lipinski definition) is 3. The zero-order chi connectivity index (χ0) is 14.5. The van der Waals surface area contributed by atoms with Crippen LogP contribution in [0, 0.1) is 22.0 Å². The first kappa shape index (κ1) is 15.0. The summed E-state index contributed by atoms with van der Waals surface area (Å²) in [5, 5.41) is 14.1. The number of rotatable bonds is 5. The summed E-state index contributed by atoms with van der Waals surface area (Å²) in [7, 11) is 2.04. The summed E-state index contributed by atoms with van der Waals surface area (Å²) in [5.41, 5.74) is 1.38. The highest BCUT2D eigenvalue weighted by atomic mass is 16.6. The molecule has 0 heterocycles. The Balaban J connectivity index is 2.03. The molecule has 0 radical (unpaired) electrons. The van der Waals surface area contributed by atoms with Crippen LogP contribution in [0.15, 0.2) is 24.3 Å². The maximum atomic E-state index is 10.7. The molecule has 2 rings (SSSR count). The number of benzene rings is 1. The van der Waals surface area contributed by atoms with E-state index in [0.717, 1.165) is 12.3 Å². The fraction of sp³-hybridized carbons (Fsp3) is 0.625. The topological polar surface area (TPSA) is 55.2 Å². The average molecular weight is 276 g/mol. The van der Waals surface area contributed by atoms with Crippen molar-refractivity contribution in [3.8, 4) is 0 Å². The largest absolute Gasteiger partial charge is 0.317 e. The van der Waals surface area contributed by atoms with Crippen molar-refractivity contribution in [3.63, 3.8) is 0 Å². The second-order valence-electron chi connectivity index (χ2n) is 5.87. The van der Waals surface area contributed by atoms with Crippen LogP contribution in [0.1, 0.15) is 38.2 Å². The SMILES string of the molecule is CCC1CCC(NC)C(Cc2ccc([N+](=O)[O-])cc2)C1. The second-order valence-corrected chi connectivity index (χ2v) is 5.87. The van der Waals surface area contributed by atoms with Crippen LogP contribution in [-0.4, -0.2) is 18.0 Å². The maximum absolute atomic E-state index is 10.7. The molecular formula is C16H24N2O2. The van der Waals surface area contributed by atoms with Gasteiger partial charge in [-0.05, 0) is 50.1 Å². The van der Waals surface area contributed by atoms with Crippen LogP contribution in [0.25, 0.3) is 0 Å². The van der Waals surface area contributed by atoms with Gasteiger partial charge < -0.3 is 5.32 Å². The fourth-order valence-electron chi connectivity index (χ4n) is 3.39. The van der Waals surface area contributed by atoms with Crippen molar-refractivity contribution in [2.75, 3.05) is 7.05 Å². The quantitative estimate of drug-likeness (QED) is 0.661. The molecule has 110 valence electrons. The van der Waals surface area contributed by atoms with E-state index in [-0.39, 0.29) is 10.6 Å². The normalized spacial score (nSPS) is 26.4. The summed E-state index contributed by atoms with van der Waals surface area (Å²) in [5.74, 6) is 1.47. The van der Waals surface area contributed by atoms with E-state index in [2.05, 4.69) is 12.2 Å². The Morgan fingerprint density at radius 2 is 2.00 bits per heavy atom. The number of nitrogens with zero attached hydrogens (tertiary/aromatic N) is 1. The highest BCUT2D eigenvalue weighted by Gasteiger charge is 2.28. The fourth-order valence-corrected chi connectivity index (χ4v) is 3.39. The van der Waals surface area contributed by atoms with Crippen molar-refractivity contribution >= 4 is 5.69 Å². The van der Waals surface area contributed by atoms with Crippen LogP contribution in [0.3, 0.4) is 0 Å². The Hall–Kier alpha value is -1.42. The van der Waals surface area contributed by atoms with Gasteiger partial charge in [-0.15, -0.1) is 0 Å². The minimum absolute atomic E-state index is 0.175. The van der Waals surface area contributed by atoms with Gasteiger partial charge in [0.25, 0.3) is 5.69 Å². The van der Waals surface area contributed by atoms with E-state index in [1.165, 1.54) is 31.2 Å². The van der Waals surface area contributed by atoms with Crippen molar-refractivity contribution < 1.29 is 4.92 Å². The summed E-state index contributed by atoms with van der Waals surface area (Å²) in [6.45, 7) is 2.27. The molecule has 1 aliphatic rings. The van der Waals surface area contributed by atoms with Gasteiger partial charge in [-0.3, -0.25) is 10.1 Å². The van der Waals surface area contributed by atoms with Gasteiger partial charge in [-0.1, -0.05) is 25.5 Å². The molecular weight excluding hydrogens is 252 g/mol. The van der Waals surface area contributed by atoms with Gasteiger partial charge in [0.15, 0.2) is 0 Å². The van der Waals surface area contributed by atoms with Crippen LogP contribution < -0.4 is 5.32 Å². The Kier molecular flexibility index (Phi) is 5.12. The van der Waals surface area contributed by atoms with Crippen LogP contribution in [0.4, 0.5) is 5.69 Å². The van der Waals surface area contributed by atoms with Gasteiger partial charge in [0.05, 0.1) is 4.92 Å². The van der Waals surface area contributed by atoms with Crippen LogP contribution in [0.2, 0.25) is 0 Å². The van der Waals surface area contributed by atoms with Gasteiger partial charge in [-0.2, -0.15) is 0 Å². The molecule has 0 bridgehead atoms. The van der Waals surface area contributed by atoms with Gasteiger partial charge in [0, 0.05) is 18.2 Å². The van der Waals surface area contributed by atoms with E-state index in [9.17, 15) is 10.1 Å². The van der Waals surface area contributed by atoms with Crippen molar-refractivity contribution in [1.82, 2.24) is 5.32 Å². The zero-order valence-corrected chi connectivity index (χ0v) is 12.3. The van der Waals surface area contributed by atoms with Crippen molar-refractivity contribution in [2.24, 2.45) is 11.8 Å². The zero-order valence-electron chi connectivity index (χ0n) is 12.3. The molecule has 3 unspecified atom stereocenters. The minimum atomic E-state index is -0.339. The lowest BCUT2D eigenvalue weighted by molar-refractivity contribution is -0.384. The van der Waals surface area contributed by atoms with E-state index in [1.807, 2.05) is 19.2 Å². The molecule has 0 spiro atoms. The van der Waals surface area contributed by atoms with Crippen molar-refractivity contribution in [3.05, 3.63) is 39.9 Å². The second kappa shape index (κ2) is 6.84. The number of nitro benzene ring substituents is 1. The third-order valence-electron chi connectivity index (χ3n) is 4.68. The first-order chi connectivity index (χ1) is 9.63. The molecule has 1 aromatic carbocycles. The number of non-ortho nitro benzene ring substituents is 1. The lowest BCUT2D eigenvalue weighted by atomic mass is 9.74. The smallest absolute Gasteiger partial charge is 0.269 e. The monoisotopic (exact) mass is 276 g/mol. The van der Waals surface area contributed by atoms with E-state index < -0.39 is 0 Å². The molecule has 1 fully saturated rings. The molecule has 0 amide bonds. The first-order valence-corrected chi connectivity index (χ1v) is 7.54. The molecule has 1 aromatic rings. The van der Waals surface area contributed by atoms with Crippen molar-refractivity contribution in [1.29, 1.82) is 0 Å². The average Bonchev–Trinajstić information content (AvgIpc) is 2.47. The molecule has 1 N–H and O–H groups in total. The third kappa shape index (κ3) is 3.57. The lowest BCUT2D eigenvalue weighted by Crippen LogP contribution is -2.39. The van der Waals surface area contributed by atoms with E-state index >= 15 is 0 Å². The summed E-state index contributed by atoms with van der Waals surface area (Å²) in [6.07, 6.45) is 6.09. The van der Waals surface area contributed by atoms with E-state index in [1.54, 1.807) is 12.1 Å². The van der Waals surface area contributed by atoms with Gasteiger partial charge in [0.1, 0.15) is 0 Å². The van der Waals surface area contributed by atoms with Crippen LogP contribution >= 0.6 is 0 Å². The predicted octanol–water partition coefficient (Wildman–Crippen LogP) is 3.55. The molecule has 3 atom stereocenters. The van der Waals surface area contributed by atoms with Gasteiger partial charge >= 0.3 is 0 Å². The number of nitrogens with one attached hydrogen (secondary N) is 1. The van der Waals surface area contributed by atoms with Crippen LogP contribution in [0.5, 0.6) is 0 Å². The minimum Gasteiger partial charge on any atom is -0.317 e. The predicted molar refractivity (Wildman–Crippen MR) is 80.8 cm³/mol. The Morgan fingerprint density at radius 1 is 1.30 bits per heavy atom. The highest BCUT2D eigenvalue weighted by Crippen LogP contribution is 2.33. The molecule has 4 nitrogen and oxygen atoms in total. The molecule has 20 heavy (non-hydrogen) atoms. The van der Waals surface area contributed by atoms with Crippen molar-refractivity contribution in [2.45, 2.75) is 45.1 Å². The Bertz CT molecular complexity index is 444. The maximum Gasteiger partial charge on any atom is 0.269 e. The van der Waals surface area contributed by atoms with Gasteiger partial charge in [-0.25, -0.2) is 0 Å². The lowest BCUT2D eigenvalue weighted by Gasteiger charge is -2.36. The molecule has 0 saturated heterocycles. The highest BCUT2D eigenvalue weighted by molar-refractivity contribution is 5.33. The number of hydrogen-bond donors (Lipinski definition) is 1. The standard InChI is InChI=1S/C16H24N2O2/c1-3-12-6-9-16(17-2)14(10-12)11-13-4-7-15(8-5-13)18(19)20/h4-5,7-8,12,14,16-17H,3,6,9-11H2,1-2H3. The Labute approximate surface area is 120 Å². The summed E-state index contributed by atoms with van der Waals surface area (Å²) < 4.78 is 0. The molecule has 1 saturated carbocycles. The molecule has 1 aliphatic carbocycles. The van der Waals surface area contributed by atoms with Gasteiger partial charge in [0.2, 0.25) is 0 Å². The third-order valence-corrected chi connectivity index (χ3v) is 4.68. The summed E-state index contributed by atoms with van der Waals surface area (Å²) >= 11 is 0. The summed E-state index contributed by atoms with van der Waals surface area (Å²) in [6, 6.07) is 7.61. The first-order valence-electron chi connectivity index (χ1n) is 7.54. The summed E-state index contributed by atoms with van der Waals surface area (Å²) in [4.78, 5) is 10.3. The molecule has 4 heteroatoms. The van der Waals surface area contributed by atoms with E-state index in [4.69, 9.17) is 0 Å². The molecule has 0 aliphatic heterocycles. The molecule has 0 aromatic heterocycles. The number of nitro groups is 1. The Morgan fingerprint density at radius 3 is 2.55 bits per heavy atom. The van der Waals surface area contributed by atoms with Crippen LogP contribution in [-0.2, 0) is 6.42 Å². The van der Waals surface area contributed by atoms with E-state index in [0.29, 0.717) is 12.0 Å².